The number of aryl methyl sites for hydroxylation is 1. The number of hydrogen-bond acceptors (Lipinski definition) is 1. The molecule has 0 atom stereocenters. The van der Waals surface area contributed by atoms with Crippen LogP contribution in [0.5, 0.6) is 0 Å². The van der Waals surface area contributed by atoms with Crippen molar-refractivity contribution in [1.29, 1.82) is 0 Å². The largest absolute Gasteiger partial charge is 0.875 e. The minimum Gasteiger partial charge on any atom is -0.875 e. The molecule has 0 saturated carbocycles. The van der Waals surface area contributed by atoms with Crippen molar-refractivity contribution in [2.45, 2.75) is 13.3 Å². The van der Waals surface area contributed by atoms with Crippen LogP contribution >= 0.6 is 0 Å². The zero-order valence-corrected chi connectivity index (χ0v) is 8.73. The lowest BCUT2D eigenvalue weighted by Crippen LogP contribution is -2.08. The Hall–Kier alpha value is -1.76. The fourth-order valence-corrected chi connectivity index (χ4v) is 1.55. The van der Waals surface area contributed by atoms with Crippen molar-refractivity contribution < 1.29 is 5.11 Å². The first kappa shape index (κ1) is 9.78. The summed E-state index contributed by atoms with van der Waals surface area (Å²) in [5.41, 5.74) is 3.10. The summed E-state index contributed by atoms with van der Waals surface area (Å²) in [6.45, 7) is 2.04. The Labute approximate surface area is 90.1 Å². The summed E-state index contributed by atoms with van der Waals surface area (Å²) in [6, 6.07) is 8.09. The third-order valence-corrected chi connectivity index (χ3v) is 2.47. The molecule has 2 rings (SSSR count). The van der Waals surface area contributed by atoms with E-state index in [-0.39, 0.29) is 5.76 Å². The fraction of sp³-hybridized carbons (Fsp3) is 0.143. The molecule has 0 fully saturated rings. The first-order chi connectivity index (χ1) is 7.25. The predicted molar refractivity (Wildman–Crippen MR) is 60.2 cm³/mol. The highest BCUT2D eigenvalue weighted by molar-refractivity contribution is 5.42. The van der Waals surface area contributed by atoms with Gasteiger partial charge in [0.05, 0.1) is 0 Å². The number of benzene rings is 1. The maximum Gasteiger partial charge on any atom is -0.0164 e. The molecule has 0 radical (unpaired) electrons. The maximum atomic E-state index is 11.8. The van der Waals surface area contributed by atoms with Crippen molar-refractivity contribution in [1.82, 2.24) is 0 Å². The van der Waals surface area contributed by atoms with Gasteiger partial charge in [0.25, 0.3) is 0 Å². The van der Waals surface area contributed by atoms with Crippen LogP contribution in [0.2, 0.25) is 0 Å². The van der Waals surface area contributed by atoms with Gasteiger partial charge in [-0.25, -0.2) is 0 Å². The minimum atomic E-state index is 0.184. The first-order valence-electron chi connectivity index (χ1n) is 5.06. The second kappa shape index (κ2) is 4.18. The molecule has 0 aliphatic heterocycles. The minimum absolute atomic E-state index is 0.184. The molecule has 0 spiro atoms. The van der Waals surface area contributed by atoms with Gasteiger partial charge >= 0.3 is 0 Å². The predicted octanol–water partition coefficient (Wildman–Crippen LogP) is 2.28. The number of rotatable bonds is 2. The van der Waals surface area contributed by atoms with Crippen LogP contribution in [-0.4, -0.2) is 0 Å². The molecule has 1 aromatic rings. The van der Waals surface area contributed by atoms with Crippen LogP contribution in [-0.2, 0) is 6.42 Å². The summed E-state index contributed by atoms with van der Waals surface area (Å²) < 4.78 is 0. The normalized spacial score (nSPS) is 13.5. The van der Waals surface area contributed by atoms with E-state index in [9.17, 15) is 5.11 Å². The molecule has 1 aliphatic carbocycles. The lowest BCUT2D eigenvalue weighted by atomic mass is 10.1. The molecule has 15 heavy (non-hydrogen) atoms. The smallest absolute Gasteiger partial charge is 0.0164 e. The summed E-state index contributed by atoms with van der Waals surface area (Å²) in [5.74, 6) is 0.184. The van der Waals surface area contributed by atoms with Gasteiger partial charge in [-0.2, -0.15) is 0 Å². The highest BCUT2D eigenvalue weighted by atomic mass is 16.3. The second-order valence-corrected chi connectivity index (χ2v) is 3.76. The zero-order valence-electron chi connectivity index (χ0n) is 8.73. The lowest BCUT2D eigenvalue weighted by Gasteiger charge is -2.14. The molecule has 0 N–H and O–H groups in total. The quantitative estimate of drug-likeness (QED) is 0.667. The standard InChI is InChI=1S/C14H14O/c1-11-6-8-12(9-7-11)10-14(15)13-4-2-3-5-13/h2-9,15H,10H2,1H3/p-1. The molecule has 0 bridgehead atoms. The number of hydrogen-bond donors (Lipinski definition) is 0. The summed E-state index contributed by atoms with van der Waals surface area (Å²) in [5, 5.41) is 11.8. The van der Waals surface area contributed by atoms with E-state index in [4.69, 9.17) is 0 Å². The SMILES string of the molecule is Cc1ccc(CC([O-])=C2C=CC=C2)cc1. The molecule has 0 saturated heterocycles. The molecule has 76 valence electrons. The van der Waals surface area contributed by atoms with E-state index in [1.807, 2.05) is 55.5 Å². The van der Waals surface area contributed by atoms with Gasteiger partial charge in [-0.1, -0.05) is 54.1 Å². The molecule has 0 aromatic heterocycles. The van der Waals surface area contributed by atoms with Gasteiger partial charge in [-0.05, 0) is 24.5 Å². The summed E-state index contributed by atoms with van der Waals surface area (Å²) >= 11 is 0. The van der Waals surface area contributed by atoms with Crippen LogP contribution in [0.15, 0.2) is 59.9 Å². The topological polar surface area (TPSA) is 23.1 Å². The van der Waals surface area contributed by atoms with Gasteiger partial charge in [-0.15, -0.1) is 5.76 Å². The van der Waals surface area contributed by atoms with Crippen molar-refractivity contribution >= 4 is 0 Å². The van der Waals surface area contributed by atoms with Crippen LogP contribution in [0, 0.1) is 6.92 Å². The highest BCUT2D eigenvalue weighted by Gasteiger charge is 1.96. The molecule has 1 aliphatic rings. The zero-order chi connectivity index (χ0) is 10.7. The second-order valence-electron chi connectivity index (χ2n) is 3.76. The average Bonchev–Trinajstić information content (AvgIpc) is 2.74. The van der Waals surface area contributed by atoms with Crippen LogP contribution in [0.1, 0.15) is 11.1 Å². The van der Waals surface area contributed by atoms with Gasteiger partial charge < -0.3 is 5.11 Å². The van der Waals surface area contributed by atoms with Crippen molar-refractivity contribution in [2.24, 2.45) is 0 Å². The van der Waals surface area contributed by atoms with E-state index in [0.29, 0.717) is 6.42 Å². The molecule has 0 unspecified atom stereocenters. The van der Waals surface area contributed by atoms with Crippen molar-refractivity contribution in [3.63, 3.8) is 0 Å². The van der Waals surface area contributed by atoms with E-state index in [1.165, 1.54) is 5.56 Å². The third kappa shape index (κ3) is 2.38. The Morgan fingerprint density at radius 3 is 2.27 bits per heavy atom. The maximum absolute atomic E-state index is 11.8. The molecule has 0 amide bonds. The molecule has 1 nitrogen and oxygen atoms in total. The molecule has 1 heteroatoms. The monoisotopic (exact) mass is 197 g/mol. The van der Waals surface area contributed by atoms with E-state index >= 15 is 0 Å². The van der Waals surface area contributed by atoms with Gasteiger partial charge in [0.15, 0.2) is 0 Å². The lowest BCUT2D eigenvalue weighted by molar-refractivity contribution is -0.306. The fourth-order valence-electron chi connectivity index (χ4n) is 1.55. The summed E-state index contributed by atoms with van der Waals surface area (Å²) in [4.78, 5) is 0. The Balaban J connectivity index is 2.15. The van der Waals surface area contributed by atoms with Gasteiger partial charge in [0.2, 0.25) is 0 Å². The molecular weight excluding hydrogens is 184 g/mol. The van der Waals surface area contributed by atoms with E-state index < -0.39 is 0 Å². The van der Waals surface area contributed by atoms with Crippen LogP contribution in [0.3, 0.4) is 0 Å². The van der Waals surface area contributed by atoms with Gasteiger partial charge in [0.1, 0.15) is 0 Å². The van der Waals surface area contributed by atoms with E-state index in [0.717, 1.165) is 11.1 Å². The third-order valence-electron chi connectivity index (χ3n) is 2.47. The van der Waals surface area contributed by atoms with Crippen molar-refractivity contribution in [2.75, 3.05) is 0 Å². The molecular formula is C14H13O-. The van der Waals surface area contributed by atoms with Gasteiger partial charge in [-0.3, -0.25) is 0 Å². The van der Waals surface area contributed by atoms with E-state index in [1.54, 1.807) is 0 Å². The molecule has 0 heterocycles. The van der Waals surface area contributed by atoms with Crippen molar-refractivity contribution in [3.8, 4) is 0 Å². The number of allylic oxidation sites excluding steroid dienone is 6. The Bertz CT molecular complexity index is 419. The van der Waals surface area contributed by atoms with Crippen LogP contribution in [0.4, 0.5) is 0 Å². The highest BCUT2D eigenvalue weighted by Crippen LogP contribution is 2.14. The van der Waals surface area contributed by atoms with Crippen molar-refractivity contribution in [3.05, 3.63) is 71.0 Å². The Kier molecular flexibility index (Phi) is 2.72. The van der Waals surface area contributed by atoms with Crippen LogP contribution in [0.25, 0.3) is 0 Å². The molecule has 1 aromatic carbocycles. The van der Waals surface area contributed by atoms with Gasteiger partial charge in [0, 0.05) is 0 Å². The van der Waals surface area contributed by atoms with E-state index in [2.05, 4.69) is 0 Å². The average molecular weight is 197 g/mol. The first-order valence-corrected chi connectivity index (χ1v) is 5.06. The Morgan fingerprint density at radius 1 is 1.07 bits per heavy atom. The Morgan fingerprint density at radius 2 is 1.67 bits per heavy atom. The summed E-state index contributed by atoms with van der Waals surface area (Å²) in [7, 11) is 0. The van der Waals surface area contributed by atoms with Crippen LogP contribution < -0.4 is 5.11 Å². The summed E-state index contributed by atoms with van der Waals surface area (Å²) in [6.07, 6.45) is 7.99.